The first kappa shape index (κ1) is 50.2. The minimum Gasteiger partial charge on any atom is -0.491 e. The van der Waals surface area contributed by atoms with Gasteiger partial charge in [0.2, 0.25) is 23.6 Å². The molecule has 4 aromatic rings. The van der Waals surface area contributed by atoms with E-state index in [0.29, 0.717) is 54.9 Å². The molecule has 0 spiro atoms. The second-order valence-corrected chi connectivity index (χ2v) is 15.9. The van der Waals surface area contributed by atoms with Crippen LogP contribution in [0.25, 0.3) is 11.3 Å². The highest BCUT2D eigenvalue weighted by Crippen LogP contribution is 2.26. The van der Waals surface area contributed by atoms with Gasteiger partial charge in [0.25, 0.3) is 0 Å². The van der Waals surface area contributed by atoms with Gasteiger partial charge in [-0.05, 0) is 42.5 Å². The Bertz CT molecular complexity index is 2440. The second-order valence-electron chi connectivity index (χ2n) is 15.9. The number of nitrogens with one attached hydrogen (secondary N) is 5. The van der Waals surface area contributed by atoms with Gasteiger partial charge < -0.3 is 41.3 Å². The monoisotopic (exact) mass is 926 g/mol. The highest BCUT2D eigenvalue weighted by atomic mass is 19.1. The molecule has 0 bridgehead atoms. The number of halogens is 1. The first-order valence-corrected chi connectivity index (χ1v) is 21.7. The predicted molar refractivity (Wildman–Crippen MR) is 237 cm³/mol. The summed E-state index contributed by atoms with van der Waals surface area (Å²) in [6.45, 7) is 1.33. The number of carboxylic acid groups (broad SMARTS) is 3. The summed E-state index contributed by atoms with van der Waals surface area (Å²) >= 11 is 0. The van der Waals surface area contributed by atoms with Crippen LogP contribution >= 0.6 is 0 Å². The molecule has 0 fully saturated rings. The fourth-order valence-corrected chi connectivity index (χ4v) is 7.29. The van der Waals surface area contributed by atoms with Crippen molar-refractivity contribution in [2.24, 2.45) is 0 Å². The molecule has 0 saturated heterocycles. The van der Waals surface area contributed by atoms with Crippen molar-refractivity contribution in [3.63, 3.8) is 0 Å². The van der Waals surface area contributed by atoms with Crippen LogP contribution in [-0.4, -0.2) is 105 Å². The highest BCUT2D eigenvalue weighted by molar-refractivity contribution is 5.96. The maximum absolute atomic E-state index is 15.3. The van der Waals surface area contributed by atoms with E-state index in [4.69, 9.17) is 14.8 Å². The number of hydrogen-bond acceptors (Lipinski definition) is 11. The summed E-state index contributed by atoms with van der Waals surface area (Å²) in [6.07, 6.45) is 1.84. The van der Waals surface area contributed by atoms with Gasteiger partial charge in [-0.15, -0.1) is 0 Å². The summed E-state index contributed by atoms with van der Waals surface area (Å²) < 4.78 is 22.5. The zero-order valence-electron chi connectivity index (χ0n) is 36.7. The molecule has 67 heavy (non-hydrogen) atoms. The summed E-state index contributed by atoms with van der Waals surface area (Å²) in [5.41, 5.74) is 3.85. The Hall–Kier alpha value is -7.77. The SMILES string of the molecule is CC(=O)N[C@@H](CCC(=O)O)C(=O)N[C@@H](CC(=O)O)C(=O)N[C@@H](CC(=O)O)C(=O)NCCCCCCOc1ccc(CC2Nc3c(Cc4ccccc4)nc(-c4ccccc4)c[n+]3C2=O)cc1F. The van der Waals surface area contributed by atoms with E-state index < -0.39 is 90.8 Å². The molecule has 4 amide bonds. The minimum absolute atomic E-state index is 0.0450. The summed E-state index contributed by atoms with van der Waals surface area (Å²) in [5.74, 6) is -8.24. The lowest BCUT2D eigenvalue weighted by molar-refractivity contribution is -0.552. The van der Waals surface area contributed by atoms with Crippen LogP contribution in [0.5, 0.6) is 5.75 Å². The smallest absolute Gasteiger partial charge is 0.359 e. The second kappa shape index (κ2) is 24.5. The third kappa shape index (κ3) is 15.4. The molecule has 1 aliphatic heterocycles. The Morgan fingerprint density at radius 1 is 0.761 bits per heavy atom. The molecule has 0 radical (unpaired) electrons. The van der Waals surface area contributed by atoms with Gasteiger partial charge in [0.1, 0.15) is 35.7 Å². The van der Waals surface area contributed by atoms with Crippen LogP contribution < -0.4 is 35.9 Å². The molecular formula is C47H53FN7O12+. The summed E-state index contributed by atoms with van der Waals surface area (Å²) in [5, 5.41) is 40.1. The molecule has 4 atom stereocenters. The Morgan fingerprint density at radius 3 is 2.01 bits per heavy atom. The number of ether oxygens (including phenoxy) is 1. The quantitative estimate of drug-likeness (QED) is 0.0332. The Labute approximate surface area is 384 Å². The van der Waals surface area contributed by atoms with Crippen LogP contribution in [0.3, 0.4) is 0 Å². The number of fused-ring (bicyclic) bond motifs is 1. The first-order chi connectivity index (χ1) is 32.1. The Morgan fingerprint density at radius 2 is 1.39 bits per heavy atom. The lowest BCUT2D eigenvalue weighted by Gasteiger charge is -2.24. The third-order valence-corrected chi connectivity index (χ3v) is 10.6. The van der Waals surface area contributed by atoms with Crippen molar-refractivity contribution in [2.45, 2.75) is 95.3 Å². The Balaban J connectivity index is 1.07. The van der Waals surface area contributed by atoms with Crippen LogP contribution in [0.1, 0.15) is 79.9 Å². The molecular weight excluding hydrogens is 874 g/mol. The molecule has 8 N–H and O–H groups in total. The van der Waals surface area contributed by atoms with Crippen molar-refractivity contribution in [1.82, 2.24) is 26.3 Å². The molecule has 2 heterocycles. The topological polar surface area (TPSA) is 283 Å². The van der Waals surface area contributed by atoms with Crippen LogP contribution in [0.15, 0.2) is 85.1 Å². The summed E-state index contributed by atoms with van der Waals surface area (Å²) in [7, 11) is 0. The number of nitrogens with zero attached hydrogens (tertiary/aromatic N) is 2. The normalized spacial score (nSPS) is 14.1. The van der Waals surface area contributed by atoms with Crippen molar-refractivity contribution in [3.8, 4) is 17.0 Å². The van der Waals surface area contributed by atoms with Crippen LogP contribution in [0, 0.1) is 5.82 Å². The average Bonchev–Trinajstić information content (AvgIpc) is 3.60. The maximum Gasteiger partial charge on any atom is 0.359 e. The number of benzene rings is 3. The van der Waals surface area contributed by atoms with E-state index in [1.165, 1.54) is 12.1 Å². The van der Waals surface area contributed by atoms with Gasteiger partial charge in [0.05, 0.1) is 19.4 Å². The summed E-state index contributed by atoms with van der Waals surface area (Å²) in [4.78, 5) is 103. The van der Waals surface area contributed by atoms with Gasteiger partial charge in [0, 0.05) is 38.3 Å². The van der Waals surface area contributed by atoms with Crippen LogP contribution in [0.2, 0.25) is 0 Å². The van der Waals surface area contributed by atoms with Crippen molar-refractivity contribution in [1.29, 1.82) is 0 Å². The minimum atomic E-state index is -1.81. The molecule has 1 unspecified atom stereocenters. The lowest BCUT2D eigenvalue weighted by atomic mass is 10.1. The number of carboxylic acids is 3. The fourth-order valence-electron chi connectivity index (χ4n) is 7.29. The number of rotatable bonds is 26. The van der Waals surface area contributed by atoms with Crippen molar-refractivity contribution in [3.05, 3.63) is 108 Å². The van der Waals surface area contributed by atoms with E-state index in [2.05, 4.69) is 26.6 Å². The predicted octanol–water partition coefficient (Wildman–Crippen LogP) is 2.79. The van der Waals surface area contributed by atoms with E-state index in [9.17, 15) is 48.6 Å². The Kier molecular flexibility index (Phi) is 18.4. The van der Waals surface area contributed by atoms with Gasteiger partial charge >= 0.3 is 29.6 Å². The summed E-state index contributed by atoms with van der Waals surface area (Å²) in [6, 6.07) is 18.4. The van der Waals surface area contributed by atoms with Crippen LogP contribution in [0.4, 0.5) is 10.2 Å². The number of unbranched alkanes of at least 4 members (excludes halogenated alkanes) is 3. The molecule has 3 aromatic carbocycles. The standard InChI is InChI=1S/C47H52FN7O12/c1-28(56)50-33(17-19-40(57)58)45(64)54-36(26-42(61)62)46(65)53-35(25-41(59)60)44(63)49-20-10-2-3-11-21-67-39-18-16-30(22-32(39)48)24-37-47(66)55-27-38(31-14-8-5-9-15-31)51-34(43(55)52-37)23-29-12-6-4-7-13-29/h4-9,12-16,18,22,27,33,35-37H,2-3,10-11,17,19-21,23-26H2,1H3,(H7,49,50,53,54,56,57,58,59,60,61,62,63,64,65)/p+1/t33-,35-,36-,37?/m0/s1. The highest BCUT2D eigenvalue weighted by Gasteiger charge is 2.41. The number of carbonyl (C=O) groups excluding carboxylic acids is 5. The van der Waals surface area contributed by atoms with Gasteiger partial charge in [-0.25, -0.2) is 14.2 Å². The number of aliphatic carboxylic acids is 3. The van der Waals surface area contributed by atoms with Gasteiger partial charge in [-0.2, -0.15) is 4.57 Å². The van der Waals surface area contributed by atoms with E-state index in [0.717, 1.165) is 18.1 Å². The van der Waals surface area contributed by atoms with Crippen LogP contribution in [-0.2, 0) is 46.4 Å². The lowest BCUT2D eigenvalue weighted by Crippen LogP contribution is -2.57. The number of anilines is 1. The van der Waals surface area contributed by atoms with Gasteiger partial charge in [-0.3, -0.25) is 38.9 Å². The number of aromatic nitrogens is 2. The van der Waals surface area contributed by atoms with Gasteiger partial charge in [-0.1, -0.05) is 79.6 Å². The molecule has 1 aliphatic rings. The van der Waals surface area contributed by atoms with Gasteiger partial charge in [0.15, 0.2) is 17.6 Å². The number of carbonyl (C=O) groups is 8. The average molecular weight is 927 g/mol. The van der Waals surface area contributed by atoms with E-state index in [1.807, 2.05) is 60.7 Å². The van der Waals surface area contributed by atoms with Crippen molar-refractivity contribution in [2.75, 3.05) is 18.5 Å². The molecule has 1 aromatic heterocycles. The zero-order chi connectivity index (χ0) is 48.5. The van der Waals surface area contributed by atoms with E-state index in [-0.39, 0.29) is 37.6 Å². The van der Waals surface area contributed by atoms with E-state index >= 15 is 4.39 Å². The maximum atomic E-state index is 15.3. The third-order valence-electron chi connectivity index (χ3n) is 10.6. The number of hydrogen-bond donors (Lipinski definition) is 8. The fraction of sp³-hybridized carbons (Fsp3) is 0.362. The molecule has 19 nitrogen and oxygen atoms in total. The first-order valence-electron chi connectivity index (χ1n) is 21.7. The molecule has 20 heteroatoms. The molecule has 0 aliphatic carbocycles. The largest absolute Gasteiger partial charge is 0.491 e. The number of amides is 4. The zero-order valence-corrected chi connectivity index (χ0v) is 36.7. The molecule has 354 valence electrons. The molecule has 5 rings (SSSR count). The van der Waals surface area contributed by atoms with Crippen molar-refractivity contribution >= 4 is 53.3 Å². The molecule has 0 saturated carbocycles. The van der Waals surface area contributed by atoms with E-state index in [1.54, 1.807) is 16.8 Å². The van der Waals surface area contributed by atoms with Crippen molar-refractivity contribution < 1.29 is 67.4 Å².